The van der Waals surface area contributed by atoms with E-state index in [2.05, 4.69) is 20.3 Å². The number of rotatable bonds is 8. The van der Waals surface area contributed by atoms with Crippen molar-refractivity contribution in [1.29, 1.82) is 0 Å². The lowest BCUT2D eigenvalue weighted by atomic mass is 10.3. The maximum atomic E-state index is 9.30. The summed E-state index contributed by atoms with van der Waals surface area (Å²) in [7, 11) is 1.47. The van der Waals surface area contributed by atoms with E-state index in [1.807, 2.05) is 30.3 Å². The third-order valence-corrected chi connectivity index (χ3v) is 2.81. The van der Waals surface area contributed by atoms with E-state index < -0.39 is 0 Å². The van der Waals surface area contributed by atoms with Gasteiger partial charge in [0.05, 0.1) is 20.3 Å². The number of aromatic nitrogens is 3. The Bertz CT molecular complexity index is 582. The summed E-state index contributed by atoms with van der Waals surface area (Å²) >= 11 is 0. The molecule has 0 fully saturated rings. The van der Waals surface area contributed by atoms with Gasteiger partial charge in [-0.3, -0.25) is 0 Å². The Morgan fingerprint density at radius 3 is 2.50 bits per heavy atom. The number of para-hydroxylation sites is 1. The second-order valence-corrected chi connectivity index (χ2v) is 4.31. The molecule has 0 saturated heterocycles. The van der Waals surface area contributed by atoms with Gasteiger partial charge in [-0.05, 0) is 12.1 Å². The summed E-state index contributed by atoms with van der Waals surface area (Å²) < 4.78 is 5.09. The average molecular weight is 305 g/mol. The van der Waals surface area contributed by atoms with Gasteiger partial charge in [0.15, 0.2) is 0 Å². The minimum absolute atomic E-state index is 0.0393. The summed E-state index contributed by atoms with van der Waals surface area (Å²) in [6.07, 6.45) is 0. The molecule has 22 heavy (non-hydrogen) atoms. The lowest BCUT2D eigenvalue weighted by Gasteiger charge is -2.22. The summed E-state index contributed by atoms with van der Waals surface area (Å²) in [6, 6.07) is 9.64. The molecule has 1 aromatic heterocycles. The highest BCUT2D eigenvalue weighted by Crippen LogP contribution is 2.23. The highest BCUT2D eigenvalue weighted by molar-refractivity contribution is 5.58. The van der Waals surface area contributed by atoms with Gasteiger partial charge in [-0.25, -0.2) is 0 Å². The zero-order chi connectivity index (χ0) is 15.8. The van der Waals surface area contributed by atoms with Gasteiger partial charge in [-0.2, -0.15) is 15.0 Å². The molecule has 0 aliphatic heterocycles. The van der Waals surface area contributed by atoms with E-state index in [1.165, 1.54) is 7.11 Å². The zero-order valence-electron chi connectivity index (χ0n) is 12.3. The van der Waals surface area contributed by atoms with Gasteiger partial charge in [0.25, 0.3) is 0 Å². The van der Waals surface area contributed by atoms with Gasteiger partial charge in [-0.15, -0.1) is 0 Å². The van der Waals surface area contributed by atoms with Crippen LogP contribution in [0.1, 0.15) is 0 Å². The maximum absolute atomic E-state index is 9.30. The van der Waals surface area contributed by atoms with Crippen LogP contribution in [0.5, 0.6) is 6.01 Å². The summed E-state index contributed by atoms with van der Waals surface area (Å²) in [5.41, 5.74) is 0.845. The Kier molecular flexibility index (Phi) is 5.87. The van der Waals surface area contributed by atoms with Crippen molar-refractivity contribution in [2.75, 3.05) is 43.6 Å². The van der Waals surface area contributed by atoms with Crippen LogP contribution >= 0.6 is 0 Å². The number of hydrogen-bond acceptors (Lipinski definition) is 8. The highest BCUT2D eigenvalue weighted by Gasteiger charge is 2.15. The first-order chi connectivity index (χ1) is 10.8. The third kappa shape index (κ3) is 4.03. The van der Waals surface area contributed by atoms with Gasteiger partial charge in [0.1, 0.15) is 0 Å². The van der Waals surface area contributed by atoms with Crippen LogP contribution in [0.15, 0.2) is 30.3 Å². The Morgan fingerprint density at radius 2 is 1.86 bits per heavy atom. The summed E-state index contributed by atoms with van der Waals surface area (Å²) in [5.74, 6) is 0.655. The largest absolute Gasteiger partial charge is 0.467 e. The maximum Gasteiger partial charge on any atom is 0.322 e. The van der Waals surface area contributed by atoms with Gasteiger partial charge >= 0.3 is 6.01 Å². The molecule has 0 amide bonds. The van der Waals surface area contributed by atoms with E-state index in [4.69, 9.17) is 9.84 Å². The molecule has 2 aromatic rings. The smallest absolute Gasteiger partial charge is 0.322 e. The second-order valence-electron chi connectivity index (χ2n) is 4.31. The second kappa shape index (κ2) is 8.11. The molecule has 0 atom stereocenters. The third-order valence-electron chi connectivity index (χ3n) is 2.81. The number of anilines is 3. The summed E-state index contributed by atoms with van der Waals surface area (Å²) in [4.78, 5) is 14.4. The molecule has 0 radical (unpaired) electrons. The van der Waals surface area contributed by atoms with E-state index >= 15 is 0 Å². The Hall–Kier alpha value is -2.45. The van der Waals surface area contributed by atoms with Crippen LogP contribution in [-0.4, -0.2) is 58.6 Å². The number of methoxy groups -OCH3 is 1. The lowest BCUT2D eigenvalue weighted by molar-refractivity contribution is 0.305. The Morgan fingerprint density at radius 1 is 1.09 bits per heavy atom. The molecule has 0 bridgehead atoms. The van der Waals surface area contributed by atoms with E-state index in [0.29, 0.717) is 25.0 Å². The Labute approximate surface area is 128 Å². The molecule has 1 aromatic carbocycles. The standard InChI is InChI=1S/C14H19N5O3/c1-22-14-17-12(15-7-9-20)16-13(18-14)19(8-10-21)11-5-3-2-4-6-11/h2-6,20-21H,7-10H2,1H3,(H,15,16,17,18). The van der Waals surface area contributed by atoms with Crippen molar-refractivity contribution in [3.8, 4) is 6.01 Å². The van der Waals surface area contributed by atoms with Crippen molar-refractivity contribution in [2.24, 2.45) is 0 Å². The highest BCUT2D eigenvalue weighted by atomic mass is 16.5. The van der Waals surface area contributed by atoms with Crippen LogP contribution in [0.25, 0.3) is 0 Å². The molecule has 118 valence electrons. The van der Waals surface area contributed by atoms with Gasteiger partial charge in [0.2, 0.25) is 11.9 Å². The predicted octanol–water partition coefficient (Wildman–Crippen LogP) is 0.415. The average Bonchev–Trinajstić information content (AvgIpc) is 2.58. The minimum Gasteiger partial charge on any atom is -0.467 e. The molecule has 3 N–H and O–H groups in total. The van der Waals surface area contributed by atoms with Crippen LogP contribution in [0.3, 0.4) is 0 Å². The molecule has 1 heterocycles. The molecular formula is C14H19N5O3. The minimum atomic E-state index is -0.0533. The fourth-order valence-electron chi connectivity index (χ4n) is 1.86. The molecule has 0 unspecified atom stereocenters. The summed E-state index contributed by atoms with van der Waals surface area (Å²) in [6.45, 7) is 0.555. The van der Waals surface area contributed by atoms with Gasteiger partial charge in [-0.1, -0.05) is 18.2 Å². The van der Waals surface area contributed by atoms with Crippen LogP contribution < -0.4 is 15.0 Å². The van der Waals surface area contributed by atoms with Crippen molar-refractivity contribution < 1.29 is 14.9 Å². The van der Waals surface area contributed by atoms with Crippen LogP contribution in [0.4, 0.5) is 17.6 Å². The van der Waals surface area contributed by atoms with Crippen LogP contribution in [0.2, 0.25) is 0 Å². The Balaban J connectivity index is 2.37. The van der Waals surface area contributed by atoms with E-state index in [1.54, 1.807) is 4.90 Å². The van der Waals surface area contributed by atoms with E-state index in [9.17, 15) is 5.11 Å². The summed E-state index contributed by atoms with van der Waals surface area (Å²) in [5, 5.41) is 21.1. The molecular weight excluding hydrogens is 286 g/mol. The normalized spacial score (nSPS) is 10.3. The molecule has 2 rings (SSSR count). The van der Waals surface area contributed by atoms with Crippen LogP contribution in [0, 0.1) is 0 Å². The van der Waals surface area contributed by atoms with Crippen molar-refractivity contribution in [1.82, 2.24) is 15.0 Å². The van der Waals surface area contributed by atoms with Crippen molar-refractivity contribution in [3.05, 3.63) is 30.3 Å². The number of nitrogens with one attached hydrogen (secondary N) is 1. The molecule has 8 nitrogen and oxygen atoms in total. The predicted molar refractivity (Wildman–Crippen MR) is 82.5 cm³/mol. The monoisotopic (exact) mass is 305 g/mol. The number of nitrogens with zero attached hydrogens (tertiary/aromatic N) is 4. The number of aliphatic hydroxyl groups excluding tert-OH is 2. The van der Waals surface area contributed by atoms with Gasteiger partial charge in [0, 0.05) is 18.8 Å². The number of ether oxygens (including phenoxy) is 1. The van der Waals surface area contributed by atoms with Crippen molar-refractivity contribution >= 4 is 17.6 Å². The first-order valence-corrected chi connectivity index (χ1v) is 6.86. The first-order valence-electron chi connectivity index (χ1n) is 6.86. The fourth-order valence-corrected chi connectivity index (χ4v) is 1.86. The van der Waals surface area contributed by atoms with E-state index in [-0.39, 0.29) is 19.2 Å². The number of hydrogen-bond donors (Lipinski definition) is 3. The number of aliphatic hydroxyl groups is 2. The SMILES string of the molecule is COc1nc(NCCO)nc(N(CCO)c2ccccc2)n1. The first kappa shape index (κ1) is 15.9. The number of benzene rings is 1. The zero-order valence-corrected chi connectivity index (χ0v) is 12.3. The van der Waals surface area contributed by atoms with Crippen LogP contribution in [-0.2, 0) is 0 Å². The molecule has 0 saturated carbocycles. The topological polar surface area (TPSA) is 104 Å². The fraction of sp³-hybridized carbons (Fsp3) is 0.357. The molecule has 0 aliphatic carbocycles. The molecule has 0 spiro atoms. The van der Waals surface area contributed by atoms with Crippen molar-refractivity contribution in [2.45, 2.75) is 0 Å². The quantitative estimate of drug-likeness (QED) is 0.644. The van der Waals surface area contributed by atoms with Gasteiger partial charge < -0.3 is 25.2 Å². The van der Waals surface area contributed by atoms with E-state index in [0.717, 1.165) is 5.69 Å². The van der Waals surface area contributed by atoms with Crippen molar-refractivity contribution in [3.63, 3.8) is 0 Å². The lowest BCUT2D eigenvalue weighted by Crippen LogP contribution is -2.24. The molecule has 0 aliphatic rings. The molecule has 8 heteroatoms.